The van der Waals surface area contributed by atoms with Crippen molar-refractivity contribution >= 4 is 5.78 Å². The van der Waals surface area contributed by atoms with Crippen molar-refractivity contribution in [1.29, 1.82) is 0 Å². The molecular formula is C30H38F2O2. The summed E-state index contributed by atoms with van der Waals surface area (Å²) >= 11 is 0. The second kappa shape index (κ2) is 11.0. The van der Waals surface area contributed by atoms with E-state index in [9.17, 15) is 13.6 Å². The fourth-order valence-electron chi connectivity index (χ4n) is 5.95. The second-order valence-corrected chi connectivity index (χ2v) is 10.5. The van der Waals surface area contributed by atoms with Crippen molar-refractivity contribution in [2.75, 3.05) is 0 Å². The molecule has 0 N–H and O–H groups in total. The van der Waals surface area contributed by atoms with Gasteiger partial charge in [0.1, 0.15) is 11.5 Å². The second-order valence-electron chi connectivity index (χ2n) is 10.5. The first-order valence-electron chi connectivity index (χ1n) is 13.1. The normalized spacial score (nSPS) is 23.0. The lowest BCUT2D eigenvalue weighted by molar-refractivity contribution is -0.185. The van der Waals surface area contributed by atoms with Gasteiger partial charge < -0.3 is 4.74 Å². The van der Waals surface area contributed by atoms with E-state index in [1.807, 2.05) is 24.3 Å². The smallest absolute Gasteiger partial charge is 0.426 e. The van der Waals surface area contributed by atoms with Crippen LogP contribution >= 0.6 is 0 Å². The molecule has 2 fully saturated rings. The summed E-state index contributed by atoms with van der Waals surface area (Å²) in [5.74, 6) is 2.85. The number of Topliss-reactive ketones (excluding diaryl/α,β-unsaturated/α-hetero) is 1. The van der Waals surface area contributed by atoms with Gasteiger partial charge in [-0.25, -0.2) is 0 Å². The zero-order chi connectivity index (χ0) is 24.1. The highest BCUT2D eigenvalue weighted by molar-refractivity contribution is 5.79. The first-order valence-corrected chi connectivity index (χ1v) is 13.1. The molecule has 2 aliphatic rings. The number of halogens is 2. The topological polar surface area (TPSA) is 26.3 Å². The Balaban J connectivity index is 1.33. The van der Waals surface area contributed by atoms with E-state index >= 15 is 0 Å². The van der Waals surface area contributed by atoms with E-state index in [1.54, 1.807) is 12.1 Å². The van der Waals surface area contributed by atoms with Gasteiger partial charge >= 0.3 is 6.11 Å². The molecule has 2 aromatic carbocycles. The summed E-state index contributed by atoms with van der Waals surface area (Å²) in [6.45, 7) is 4.62. The van der Waals surface area contributed by atoms with Gasteiger partial charge in [0.2, 0.25) is 0 Å². The van der Waals surface area contributed by atoms with Crippen molar-refractivity contribution in [3.8, 4) is 5.75 Å². The van der Waals surface area contributed by atoms with Crippen LogP contribution in [0.25, 0.3) is 0 Å². The maximum absolute atomic E-state index is 14.9. The minimum atomic E-state index is -3.38. The van der Waals surface area contributed by atoms with Crippen LogP contribution in [0, 0.1) is 11.8 Å². The molecule has 0 radical (unpaired) electrons. The van der Waals surface area contributed by atoms with E-state index in [-0.39, 0.29) is 11.3 Å². The minimum absolute atomic E-state index is 0.114. The highest BCUT2D eigenvalue weighted by Crippen LogP contribution is 2.41. The molecule has 4 rings (SSSR count). The third-order valence-corrected chi connectivity index (χ3v) is 8.18. The molecule has 0 aromatic heterocycles. The quantitative estimate of drug-likeness (QED) is 0.387. The fourth-order valence-corrected chi connectivity index (χ4v) is 5.95. The number of rotatable bonds is 8. The number of ether oxygens (including phenoxy) is 1. The molecule has 0 bridgehead atoms. The van der Waals surface area contributed by atoms with Crippen molar-refractivity contribution in [1.82, 2.24) is 0 Å². The van der Waals surface area contributed by atoms with Gasteiger partial charge in [0.25, 0.3) is 0 Å². The Hall–Kier alpha value is -2.23. The molecule has 184 valence electrons. The van der Waals surface area contributed by atoms with Gasteiger partial charge in [-0.15, -0.1) is 0 Å². The van der Waals surface area contributed by atoms with Gasteiger partial charge in [-0.05, 0) is 97.6 Å². The highest BCUT2D eigenvalue weighted by atomic mass is 19.3. The summed E-state index contributed by atoms with van der Waals surface area (Å²) in [6, 6.07) is 13.7. The van der Waals surface area contributed by atoms with Gasteiger partial charge in [-0.1, -0.05) is 51.0 Å². The Morgan fingerprint density at radius 2 is 1.38 bits per heavy atom. The number of benzene rings is 2. The van der Waals surface area contributed by atoms with Crippen molar-refractivity contribution in [3.05, 3.63) is 65.2 Å². The Morgan fingerprint density at radius 1 is 0.853 bits per heavy atom. The number of hydrogen-bond donors (Lipinski definition) is 0. The number of hydrogen-bond acceptors (Lipinski definition) is 2. The van der Waals surface area contributed by atoms with E-state index in [1.165, 1.54) is 37.8 Å². The predicted molar refractivity (Wildman–Crippen MR) is 132 cm³/mol. The van der Waals surface area contributed by atoms with E-state index in [4.69, 9.17) is 4.74 Å². The van der Waals surface area contributed by atoms with Crippen molar-refractivity contribution in [3.63, 3.8) is 0 Å². The van der Waals surface area contributed by atoms with Crippen molar-refractivity contribution < 1.29 is 18.3 Å². The van der Waals surface area contributed by atoms with Crippen LogP contribution in [0.1, 0.15) is 107 Å². The van der Waals surface area contributed by atoms with E-state index in [0.29, 0.717) is 30.5 Å². The molecule has 34 heavy (non-hydrogen) atoms. The summed E-state index contributed by atoms with van der Waals surface area (Å²) in [5.41, 5.74) is 2.14. The molecule has 0 aliphatic heterocycles. The average Bonchev–Trinajstić information content (AvgIpc) is 2.85. The van der Waals surface area contributed by atoms with E-state index < -0.39 is 6.11 Å². The van der Waals surface area contributed by atoms with Gasteiger partial charge in [-0.2, -0.15) is 8.78 Å². The Kier molecular flexibility index (Phi) is 8.06. The van der Waals surface area contributed by atoms with Crippen LogP contribution < -0.4 is 4.74 Å². The first-order chi connectivity index (χ1) is 16.4. The molecule has 0 heterocycles. The minimum Gasteiger partial charge on any atom is -0.429 e. The Morgan fingerprint density at radius 3 is 1.94 bits per heavy atom. The molecule has 0 spiro atoms. The Labute approximate surface area is 203 Å². The average molecular weight is 469 g/mol. The summed E-state index contributed by atoms with van der Waals surface area (Å²) in [4.78, 5) is 11.5. The monoisotopic (exact) mass is 468 g/mol. The highest BCUT2D eigenvalue weighted by Gasteiger charge is 2.35. The van der Waals surface area contributed by atoms with Crippen molar-refractivity contribution in [2.24, 2.45) is 11.8 Å². The molecule has 2 saturated carbocycles. The zero-order valence-electron chi connectivity index (χ0n) is 20.6. The number of ketones is 1. The van der Waals surface area contributed by atoms with E-state index in [2.05, 4.69) is 13.8 Å². The third-order valence-electron chi connectivity index (χ3n) is 8.18. The first kappa shape index (κ1) is 24.9. The summed E-state index contributed by atoms with van der Waals surface area (Å²) in [7, 11) is 0. The molecule has 2 aromatic rings. The lowest BCUT2D eigenvalue weighted by Gasteiger charge is -2.32. The van der Waals surface area contributed by atoms with Crippen LogP contribution in [-0.4, -0.2) is 5.78 Å². The molecule has 1 atom stereocenters. The summed E-state index contributed by atoms with van der Waals surface area (Å²) in [6.07, 6.45) is 6.80. The number of alkyl halides is 2. The Bertz CT molecular complexity index is 917. The van der Waals surface area contributed by atoms with Crippen LogP contribution in [0.4, 0.5) is 8.78 Å². The predicted octanol–water partition coefficient (Wildman–Crippen LogP) is 8.75. The van der Waals surface area contributed by atoms with Crippen LogP contribution in [0.15, 0.2) is 48.5 Å². The molecule has 0 saturated heterocycles. The molecule has 0 amide bonds. The van der Waals surface area contributed by atoms with Crippen LogP contribution in [0.3, 0.4) is 0 Å². The summed E-state index contributed by atoms with van der Waals surface area (Å²) < 4.78 is 34.8. The van der Waals surface area contributed by atoms with Gasteiger partial charge in [0.05, 0.1) is 5.56 Å². The van der Waals surface area contributed by atoms with Crippen molar-refractivity contribution in [2.45, 2.75) is 96.0 Å². The molecular weight excluding hydrogens is 430 g/mol. The molecule has 1 unspecified atom stereocenters. The lowest BCUT2D eigenvalue weighted by atomic mass is 9.73. The maximum Gasteiger partial charge on any atom is 0.426 e. The van der Waals surface area contributed by atoms with Gasteiger partial charge in [-0.3, -0.25) is 4.79 Å². The molecule has 2 nitrogen and oxygen atoms in total. The van der Waals surface area contributed by atoms with Crippen LogP contribution in [-0.2, 0) is 10.9 Å². The van der Waals surface area contributed by atoms with E-state index in [0.717, 1.165) is 48.6 Å². The number of carbonyl (C=O) groups excluding carboxylic acids is 1. The third kappa shape index (κ3) is 6.06. The molecule has 2 aliphatic carbocycles. The SMILES string of the molecule is CCCC(C)C1CCC(c2ccc(C(F)(F)Oc3ccc(C4CCC(=O)CC4)cc3)cc2)CC1. The van der Waals surface area contributed by atoms with Crippen LogP contribution in [0.2, 0.25) is 0 Å². The standard InChI is InChI=1S/C30H38F2O2/c1-3-4-21(2)22-5-7-23(8-6-22)24-9-15-27(16-10-24)30(31,32)34-29-19-13-26(14-20-29)25-11-17-28(33)18-12-25/h9-10,13-16,19-23,25H,3-8,11-12,17-18H2,1-2H3. The largest absolute Gasteiger partial charge is 0.429 e. The van der Waals surface area contributed by atoms with Gasteiger partial charge in [0.15, 0.2) is 0 Å². The number of carbonyl (C=O) groups is 1. The lowest BCUT2D eigenvalue weighted by Crippen LogP contribution is -2.22. The summed E-state index contributed by atoms with van der Waals surface area (Å²) in [5, 5.41) is 0. The zero-order valence-corrected chi connectivity index (χ0v) is 20.6. The van der Waals surface area contributed by atoms with Crippen LogP contribution in [0.5, 0.6) is 5.75 Å². The molecule has 4 heteroatoms. The maximum atomic E-state index is 14.9. The van der Waals surface area contributed by atoms with Gasteiger partial charge in [0, 0.05) is 12.8 Å². The fraction of sp³-hybridized carbons (Fsp3) is 0.567.